The minimum atomic E-state index is -0.0118. The summed E-state index contributed by atoms with van der Waals surface area (Å²) in [6, 6.07) is 0. The van der Waals surface area contributed by atoms with E-state index in [0.29, 0.717) is 0 Å². The summed E-state index contributed by atoms with van der Waals surface area (Å²) in [6.07, 6.45) is 8.86. The normalized spacial score (nSPS) is 9.64. The first-order valence-corrected chi connectivity index (χ1v) is 9.61. The molecule has 1 heteroatoms. The zero-order valence-corrected chi connectivity index (χ0v) is 11.3. The third kappa shape index (κ3) is 10.6. The zero-order chi connectivity index (χ0) is 8.36. The van der Waals surface area contributed by atoms with Crippen molar-refractivity contribution in [1.29, 1.82) is 0 Å². The van der Waals surface area contributed by atoms with E-state index in [2.05, 4.69) is 13.8 Å². The van der Waals surface area contributed by atoms with Crippen LogP contribution >= 0.6 is 0 Å². The van der Waals surface area contributed by atoms with Crippen molar-refractivity contribution >= 4 is 0 Å². The van der Waals surface area contributed by atoms with Gasteiger partial charge in [-0.25, -0.2) is 0 Å². The number of unbranched alkanes of at least 4 members (excludes halogenated alkanes) is 4. The minimum absolute atomic E-state index is 0.0118. The standard InChI is InChI=1S/C6H13.C4H9.Zn/c1-3-5-6-4-2;1-3-4-2;/h1,3-6H2,2H3;1,3-4H2,2H3;. The van der Waals surface area contributed by atoms with E-state index in [0.717, 1.165) is 0 Å². The fourth-order valence-electron chi connectivity index (χ4n) is 1.38. The van der Waals surface area contributed by atoms with E-state index in [-0.39, 0.29) is 17.1 Å². The Morgan fingerprint density at radius 1 is 0.727 bits per heavy atom. The Morgan fingerprint density at radius 3 is 2.00 bits per heavy atom. The number of rotatable bonds is 8. The first kappa shape index (κ1) is 11.6. The van der Waals surface area contributed by atoms with E-state index < -0.39 is 0 Å². The van der Waals surface area contributed by atoms with Crippen LogP contribution in [0.15, 0.2) is 0 Å². The molecule has 64 valence electrons. The van der Waals surface area contributed by atoms with Crippen molar-refractivity contribution in [3.05, 3.63) is 0 Å². The molecule has 0 aromatic rings. The monoisotopic (exact) mass is 206 g/mol. The Balaban J connectivity index is 2.69. The molecule has 0 saturated heterocycles. The fraction of sp³-hybridized carbons (Fsp3) is 1.00. The van der Waals surface area contributed by atoms with Crippen LogP contribution in [0.25, 0.3) is 0 Å². The molecule has 0 unspecified atom stereocenters. The van der Waals surface area contributed by atoms with E-state index in [1.54, 1.807) is 16.5 Å². The molecule has 0 aromatic heterocycles. The molecule has 0 rings (SSSR count). The van der Waals surface area contributed by atoms with Crippen molar-refractivity contribution in [2.45, 2.75) is 62.4 Å². The van der Waals surface area contributed by atoms with E-state index >= 15 is 0 Å². The molecule has 0 saturated carbocycles. The van der Waals surface area contributed by atoms with E-state index in [1.165, 1.54) is 32.1 Å². The predicted octanol–water partition coefficient (Wildman–Crippen LogP) is 4.29. The second kappa shape index (κ2) is 10.6. The topological polar surface area (TPSA) is 0 Å². The molecule has 0 fully saturated rings. The van der Waals surface area contributed by atoms with Gasteiger partial charge in [0.15, 0.2) is 0 Å². The summed E-state index contributed by atoms with van der Waals surface area (Å²) < 4.78 is 0. The molecule has 0 spiro atoms. The van der Waals surface area contributed by atoms with Crippen LogP contribution in [0.4, 0.5) is 0 Å². The second-order valence-corrected chi connectivity index (χ2v) is 7.93. The first-order chi connectivity index (χ1) is 5.41. The third-order valence-electron chi connectivity index (χ3n) is 2.21. The molecule has 0 heterocycles. The Labute approximate surface area is 79.7 Å². The molecule has 0 nitrogen and oxygen atoms in total. The van der Waals surface area contributed by atoms with Crippen LogP contribution in [0, 0.1) is 0 Å². The van der Waals surface area contributed by atoms with Crippen LogP contribution in [0.3, 0.4) is 0 Å². The van der Waals surface area contributed by atoms with Crippen molar-refractivity contribution in [1.82, 2.24) is 0 Å². The molecule has 11 heavy (non-hydrogen) atoms. The number of hydrogen-bond donors (Lipinski definition) is 0. The molecule has 0 atom stereocenters. The van der Waals surface area contributed by atoms with Gasteiger partial charge in [0.25, 0.3) is 0 Å². The van der Waals surface area contributed by atoms with Gasteiger partial charge < -0.3 is 0 Å². The SMILES string of the molecule is CCCCC[CH2][Zn][CH2]CCC. The average Bonchev–Trinajstić information content (AvgIpc) is 2.03. The van der Waals surface area contributed by atoms with Gasteiger partial charge in [0.1, 0.15) is 0 Å². The first-order valence-electron chi connectivity index (χ1n) is 5.41. The third-order valence-corrected chi connectivity index (χ3v) is 6.40. The van der Waals surface area contributed by atoms with Crippen LogP contribution < -0.4 is 0 Å². The van der Waals surface area contributed by atoms with Crippen molar-refractivity contribution in [3.8, 4) is 0 Å². The maximum absolute atomic E-state index is 2.30. The molecule has 0 N–H and O–H groups in total. The van der Waals surface area contributed by atoms with Gasteiger partial charge in [-0.15, -0.1) is 0 Å². The van der Waals surface area contributed by atoms with Gasteiger partial charge in [0.05, 0.1) is 0 Å². The Bertz CT molecular complexity index is 53.9. The van der Waals surface area contributed by atoms with Gasteiger partial charge in [-0.05, 0) is 0 Å². The van der Waals surface area contributed by atoms with E-state index in [4.69, 9.17) is 0 Å². The fourth-order valence-corrected chi connectivity index (χ4v) is 5.40. The van der Waals surface area contributed by atoms with Crippen molar-refractivity contribution < 1.29 is 17.1 Å². The van der Waals surface area contributed by atoms with Crippen molar-refractivity contribution in [2.24, 2.45) is 0 Å². The van der Waals surface area contributed by atoms with Crippen LogP contribution in [-0.2, 0) is 17.1 Å². The van der Waals surface area contributed by atoms with Crippen LogP contribution in [0.2, 0.25) is 10.0 Å². The second-order valence-electron chi connectivity index (χ2n) is 3.47. The Kier molecular flexibility index (Phi) is 11.2. The Hall–Kier alpha value is 0.623. The number of hydrogen-bond acceptors (Lipinski definition) is 0. The summed E-state index contributed by atoms with van der Waals surface area (Å²) in [7, 11) is 0. The molecule has 0 amide bonds. The van der Waals surface area contributed by atoms with Crippen molar-refractivity contribution in [2.75, 3.05) is 0 Å². The Morgan fingerprint density at radius 2 is 1.36 bits per heavy atom. The van der Waals surface area contributed by atoms with Gasteiger partial charge in [-0.2, -0.15) is 0 Å². The van der Waals surface area contributed by atoms with Gasteiger partial charge in [0.2, 0.25) is 0 Å². The van der Waals surface area contributed by atoms with Crippen LogP contribution in [0.1, 0.15) is 52.4 Å². The summed E-state index contributed by atoms with van der Waals surface area (Å²) in [5.74, 6) is 0. The summed E-state index contributed by atoms with van der Waals surface area (Å²) >= 11 is -0.0118. The van der Waals surface area contributed by atoms with E-state index in [1.807, 2.05) is 0 Å². The average molecular weight is 208 g/mol. The maximum atomic E-state index is 2.30. The van der Waals surface area contributed by atoms with Gasteiger partial charge in [0, 0.05) is 0 Å². The van der Waals surface area contributed by atoms with Gasteiger partial charge in [-0.3, -0.25) is 0 Å². The predicted molar refractivity (Wildman–Crippen MR) is 48.7 cm³/mol. The van der Waals surface area contributed by atoms with Gasteiger partial charge >= 0.3 is 79.5 Å². The molecule has 0 aliphatic heterocycles. The molecule has 0 radical (unpaired) electrons. The molecule has 0 bridgehead atoms. The molecule has 0 aliphatic rings. The summed E-state index contributed by atoms with van der Waals surface area (Å²) in [4.78, 5) is 0. The molecule has 0 aromatic carbocycles. The van der Waals surface area contributed by atoms with Crippen LogP contribution in [-0.4, -0.2) is 0 Å². The molecule has 0 aliphatic carbocycles. The summed E-state index contributed by atoms with van der Waals surface area (Å²) in [6.45, 7) is 4.60. The quantitative estimate of drug-likeness (QED) is 0.412. The van der Waals surface area contributed by atoms with Crippen LogP contribution in [0.5, 0.6) is 0 Å². The summed E-state index contributed by atoms with van der Waals surface area (Å²) in [5, 5.41) is 3.31. The summed E-state index contributed by atoms with van der Waals surface area (Å²) in [5.41, 5.74) is 0. The van der Waals surface area contributed by atoms with E-state index in [9.17, 15) is 0 Å². The van der Waals surface area contributed by atoms with Gasteiger partial charge in [-0.1, -0.05) is 0 Å². The zero-order valence-electron chi connectivity index (χ0n) is 8.36. The molecular formula is C10H22Zn. The molecular weight excluding hydrogens is 185 g/mol. The van der Waals surface area contributed by atoms with Crippen molar-refractivity contribution in [3.63, 3.8) is 0 Å².